The van der Waals surface area contributed by atoms with E-state index in [4.69, 9.17) is 0 Å². The van der Waals surface area contributed by atoms with Gasteiger partial charge in [0.15, 0.2) is 0 Å². The molecule has 0 radical (unpaired) electrons. The number of carbonyl (C=O) groups excluding carboxylic acids is 1. The van der Waals surface area contributed by atoms with Crippen LogP contribution in [0.3, 0.4) is 0 Å². The fourth-order valence-corrected chi connectivity index (χ4v) is 2.22. The Morgan fingerprint density at radius 3 is 2.74 bits per heavy atom. The van der Waals surface area contributed by atoms with E-state index >= 15 is 0 Å². The molecule has 3 rings (SSSR count). The molecular weight excluding hydrogens is 307 g/mol. The van der Waals surface area contributed by atoms with Crippen molar-refractivity contribution in [1.29, 1.82) is 0 Å². The van der Waals surface area contributed by atoms with Crippen LogP contribution in [0.1, 0.15) is 6.42 Å². The first-order valence-corrected chi connectivity index (χ1v) is 6.81. The molecule has 0 bridgehead atoms. The van der Waals surface area contributed by atoms with Crippen LogP contribution in [0.4, 0.5) is 18.9 Å². The molecule has 2 aromatic heterocycles. The van der Waals surface area contributed by atoms with Crippen molar-refractivity contribution in [3.63, 3.8) is 0 Å². The Kier molecular flexibility index (Phi) is 3.77. The van der Waals surface area contributed by atoms with E-state index in [0.29, 0.717) is 16.9 Å². The van der Waals surface area contributed by atoms with E-state index in [1.807, 2.05) is 35.0 Å². The van der Waals surface area contributed by atoms with Gasteiger partial charge in [-0.05, 0) is 24.3 Å². The van der Waals surface area contributed by atoms with Gasteiger partial charge in [0.1, 0.15) is 12.1 Å². The molecule has 0 aliphatic heterocycles. The molecule has 3 aromatic rings. The van der Waals surface area contributed by atoms with E-state index in [1.165, 1.54) is 6.07 Å². The topological polar surface area (TPSA) is 46.4 Å². The van der Waals surface area contributed by atoms with Crippen LogP contribution in [0.5, 0.6) is 0 Å². The Hall–Kier alpha value is -2.83. The number of carbonyl (C=O) groups is 1. The Balaban J connectivity index is 1.83. The molecule has 2 heterocycles. The van der Waals surface area contributed by atoms with E-state index in [-0.39, 0.29) is 0 Å². The summed E-state index contributed by atoms with van der Waals surface area (Å²) in [7, 11) is 0. The Morgan fingerprint density at radius 2 is 2.00 bits per heavy atom. The Bertz CT molecular complexity index is 822. The lowest BCUT2D eigenvalue weighted by molar-refractivity contribution is -0.150. The normalized spacial score (nSPS) is 11.6. The molecule has 0 atom stereocenters. The average Bonchev–Trinajstić information content (AvgIpc) is 2.89. The number of halogens is 3. The minimum absolute atomic E-state index is 0.300. The van der Waals surface area contributed by atoms with Crippen LogP contribution < -0.4 is 5.32 Å². The van der Waals surface area contributed by atoms with Crippen molar-refractivity contribution < 1.29 is 18.0 Å². The van der Waals surface area contributed by atoms with Crippen molar-refractivity contribution in [2.45, 2.75) is 12.6 Å². The minimum Gasteiger partial charge on any atom is -0.326 e. The highest BCUT2D eigenvalue weighted by molar-refractivity contribution is 5.91. The van der Waals surface area contributed by atoms with Gasteiger partial charge in [0.2, 0.25) is 5.91 Å². The number of nitrogens with one attached hydrogen (secondary N) is 1. The average molecular weight is 319 g/mol. The molecular formula is C16H12F3N3O. The molecule has 0 aliphatic rings. The number of imidazole rings is 1. The van der Waals surface area contributed by atoms with Gasteiger partial charge in [-0.15, -0.1) is 0 Å². The number of benzene rings is 1. The van der Waals surface area contributed by atoms with Crippen LogP contribution in [0.2, 0.25) is 0 Å². The molecule has 23 heavy (non-hydrogen) atoms. The third kappa shape index (κ3) is 3.68. The van der Waals surface area contributed by atoms with Crippen LogP contribution in [-0.4, -0.2) is 21.5 Å². The Morgan fingerprint density at radius 1 is 1.17 bits per heavy atom. The summed E-state index contributed by atoms with van der Waals surface area (Å²) in [5.41, 5.74) is 2.43. The van der Waals surface area contributed by atoms with Gasteiger partial charge in [0, 0.05) is 23.6 Å². The molecule has 0 saturated carbocycles. The van der Waals surface area contributed by atoms with Gasteiger partial charge >= 0.3 is 6.18 Å². The summed E-state index contributed by atoms with van der Waals surface area (Å²) in [5, 5.41) is 2.25. The monoisotopic (exact) mass is 319 g/mol. The number of amides is 1. The molecule has 118 valence electrons. The standard InChI is InChI=1S/C16H12F3N3O/c17-16(18,19)9-15(23)20-12-5-3-4-11(8-12)13-10-22-7-2-1-6-14(22)21-13/h1-8,10H,9H2,(H,20,23). The predicted octanol–water partition coefficient (Wildman–Crippen LogP) is 3.89. The zero-order valence-electron chi connectivity index (χ0n) is 11.8. The minimum atomic E-state index is -4.52. The summed E-state index contributed by atoms with van der Waals surface area (Å²) >= 11 is 0. The van der Waals surface area contributed by atoms with E-state index in [2.05, 4.69) is 10.3 Å². The molecule has 1 N–H and O–H groups in total. The van der Waals surface area contributed by atoms with Crippen LogP contribution in [0.25, 0.3) is 16.9 Å². The maximum atomic E-state index is 12.2. The van der Waals surface area contributed by atoms with Gasteiger partial charge < -0.3 is 9.72 Å². The summed E-state index contributed by atoms with van der Waals surface area (Å²) in [6, 6.07) is 12.1. The molecule has 4 nitrogen and oxygen atoms in total. The number of nitrogens with zero attached hydrogens (tertiary/aromatic N) is 2. The van der Waals surface area contributed by atoms with Gasteiger partial charge in [-0.2, -0.15) is 13.2 Å². The molecule has 0 fully saturated rings. The lowest BCUT2D eigenvalue weighted by atomic mass is 10.1. The van der Waals surface area contributed by atoms with Crippen molar-refractivity contribution in [3.8, 4) is 11.3 Å². The molecule has 1 amide bonds. The van der Waals surface area contributed by atoms with Crippen molar-refractivity contribution >= 4 is 17.2 Å². The molecule has 0 spiro atoms. The van der Waals surface area contributed by atoms with Crippen LogP contribution >= 0.6 is 0 Å². The highest BCUT2D eigenvalue weighted by Crippen LogP contribution is 2.24. The maximum absolute atomic E-state index is 12.2. The number of alkyl halides is 3. The molecule has 0 saturated heterocycles. The quantitative estimate of drug-likeness (QED) is 0.796. The van der Waals surface area contributed by atoms with E-state index < -0.39 is 18.5 Å². The van der Waals surface area contributed by atoms with Crippen LogP contribution in [-0.2, 0) is 4.79 Å². The first-order valence-electron chi connectivity index (χ1n) is 6.81. The maximum Gasteiger partial charge on any atom is 0.397 e. The first-order chi connectivity index (χ1) is 10.9. The molecule has 1 aromatic carbocycles. The first kappa shape index (κ1) is 15.1. The number of fused-ring (bicyclic) bond motifs is 1. The second-order valence-corrected chi connectivity index (χ2v) is 5.01. The van der Waals surface area contributed by atoms with Crippen molar-refractivity contribution in [3.05, 3.63) is 54.9 Å². The fraction of sp³-hybridized carbons (Fsp3) is 0.125. The van der Waals surface area contributed by atoms with E-state index in [9.17, 15) is 18.0 Å². The van der Waals surface area contributed by atoms with E-state index in [0.717, 1.165) is 5.65 Å². The summed E-state index contributed by atoms with van der Waals surface area (Å²) < 4.78 is 38.4. The largest absolute Gasteiger partial charge is 0.397 e. The zero-order valence-corrected chi connectivity index (χ0v) is 11.8. The van der Waals surface area contributed by atoms with Crippen LogP contribution in [0, 0.1) is 0 Å². The highest BCUT2D eigenvalue weighted by atomic mass is 19.4. The number of rotatable bonds is 3. The third-order valence-electron chi connectivity index (χ3n) is 3.17. The predicted molar refractivity (Wildman–Crippen MR) is 79.9 cm³/mol. The third-order valence-corrected chi connectivity index (χ3v) is 3.17. The SMILES string of the molecule is O=C(CC(F)(F)F)Nc1cccc(-c2cn3ccccc3n2)c1. The lowest BCUT2D eigenvalue weighted by Gasteiger charge is -2.08. The Labute approximate surface area is 129 Å². The number of hydrogen-bond acceptors (Lipinski definition) is 2. The van der Waals surface area contributed by atoms with Gasteiger partial charge in [0.25, 0.3) is 0 Å². The lowest BCUT2D eigenvalue weighted by Crippen LogP contribution is -2.21. The summed E-state index contributed by atoms with van der Waals surface area (Å²) in [6.45, 7) is 0. The number of pyridine rings is 1. The summed E-state index contributed by atoms with van der Waals surface area (Å²) in [4.78, 5) is 15.8. The molecule has 0 unspecified atom stereocenters. The molecule has 0 aliphatic carbocycles. The van der Waals surface area contributed by atoms with Crippen molar-refractivity contribution in [2.24, 2.45) is 0 Å². The number of aromatic nitrogens is 2. The number of anilines is 1. The highest BCUT2D eigenvalue weighted by Gasteiger charge is 2.31. The van der Waals surface area contributed by atoms with Gasteiger partial charge in [-0.1, -0.05) is 18.2 Å². The molecule has 7 heteroatoms. The van der Waals surface area contributed by atoms with Crippen LogP contribution in [0.15, 0.2) is 54.9 Å². The smallest absolute Gasteiger partial charge is 0.326 e. The number of hydrogen-bond donors (Lipinski definition) is 1. The second-order valence-electron chi connectivity index (χ2n) is 5.01. The second kappa shape index (κ2) is 5.75. The van der Waals surface area contributed by atoms with E-state index in [1.54, 1.807) is 18.2 Å². The fourth-order valence-electron chi connectivity index (χ4n) is 2.22. The van der Waals surface area contributed by atoms with Crippen molar-refractivity contribution in [1.82, 2.24) is 9.38 Å². The summed E-state index contributed by atoms with van der Waals surface area (Å²) in [5.74, 6) is -1.09. The van der Waals surface area contributed by atoms with Gasteiger partial charge in [-0.25, -0.2) is 4.98 Å². The zero-order chi connectivity index (χ0) is 16.4. The van der Waals surface area contributed by atoms with Crippen molar-refractivity contribution in [2.75, 3.05) is 5.32 Å². The summed E-state index contributed by atoms with van der Waals surface area (Å²) in [6.07, 6.45) is -2.37. The van der Waals surface area contributed by atoms with Gasteiger partial charge in [0.05, 0.1) is 5.69 Å². The van der Waals surface area contributed by atoms with Gasteiger partial charge in [-0.3, -0.25) is 4.79 Å².